The second kappa shape index (κ2) is 2.13. The van der Waals surface area contributed by atoms with E-state index in [2.05, 4.69) is 17.1 Å². The van der Waals surface area contributed by atoms with E-state index in [1.165, 1.54) is 31.2 Å². The zero-order chi connectivity index (χ0) is 8.94. The fourth-order valence-corrected chi connectivity index (χ4v) is 2.48. The first-order chi connectivity index (χ1) is 6.27. The first-order valence-electron chi connectivity index (χ1n) is 4.96. The van der Waals surface area contributed by atoms with Crippen molar-refractivity contribution in [1.82, 2.24) is 4.98 Å². The minimum atomic E-state index is 0.133. The summed E-state index contributed by atoms with van der Waals surface area (Å²) >= 11 is 0. The van der Waals surface area contributed by atoms with Crippen LogP contribution in [-0.2, 0) is 5.41 Å². The molecule has 0 saturated heterocycles. The Labute approximate surface area is 78.2 Å². The van der Waals surface area contributed by atoms with Crippen LogP contribution in [0.2, 0.25) is 0 Å². The normalized spacial score (nSPS) is 26.8. The van der Waals surface area contributed by atoms with Gasteiger partial charge in [0.15, 0.2) is 0 Å². The number of hydrogen-bond donors (Lipinski definition) is 1. The number of hydrogen-bond acceptors (Lipinski definition) is 2. The maximum Gasteiger partial charge on any atom is 0.0270 e. The van der Waals surface area contributed by atoms with Gasteiger partial charge in [-0.15, -0.1) is 0 Å². The molecule has 0 aromatic carbocycles. The number of rotatable bonds is 2. The fourth-order valence-electron chi connectivity index (χ4n) is 2.48. The van der Waals surface area contributed by atoms with Gasteiger partial charge in [0.1, 0.15) is 0 Å². The third-order valence-electron chi connectivity index (χ3n) is 3.72. The van der Waals surface area contributed by atoms with Crippen LogP contribution < -0.4 is 5.73 Å². The van der Waals surface area contributed by atoms with E-state index in [0.29, 0.717) is 5.41 Å². The Kier molecular flexibility index (Phi) is 1.23. The van der Waals surface area contributed by atoms with Crippen molar-refractivity contribution in [2.24, 2.45) is 5.73 Å². The van der Waals surface area contributed by atoms with Crippen molar-refractivity contribution in [2.45, 2.75) is 36.6 Å². The monoisotopic (exact) mass is 174 g/mol. The molecule has 3 rings (SSSR count). The van der Waals surface area contributed by atoms with Crippen LogP contribution in [0.15, 0.2) is 24.5 Å². The van der Waals surface area contributed by atoms with E-state index in [1.54, 1.807) is 0 Å². The van der Waals surface area contributed by atoms with Crippen molar-refractivity contribution in [3.8, 4) is 0 Å². The molecule has 2 fully saturated rings. The summed E-state index contributed by atoms with van der Waals surface area (Å²) in [7, 11) is 0. The average molecular weight is 174 g/mol. The van der Waals surface area contributed by atoms with Crippen molar-refractivity contribution in [3.63, 3.8) is 0 Å². The predicted molar refractivity (Wildman–Crippen MR) is 51.3 cm³/mol. The van der Waals surface area contributed by atoms with Gasteiger partial charge in [-0.25, -0.2) is 0 Å². The number of pyridine rings is 1. The topological polar surface area (TPSA) is 38.9 Å². The minimum Gasteiger partial charge on any atom is -0.324 e. The first kappa shape index (κ1) is 7.51. The van der Waals surface area contributed by atoms with Gasteiger partial charge >= 0.3 is 0 Å². The van der Waals surface area contributed by atoms with Crippen LogP contribution in [0.25, 0.3) is 0 Å². The highest BCUT2D eigenvalue weighted by Crippen LogP contribution is 2.63. The lowest BCUT2D eigenvalue weighted by Crippen LogP contribution is -2.37. The average Bonchev–Trinajstić information content (AvgIpc) is 3.01. The van der Waals surface area contributed by atoms with Crippen LogP contribution in [-0.4, -0.2) is 10.5 Å². The van der Waals surface area contributed by atoms with Crippen LogP contribution in [0.4, 0.5) is 0 Å². The molecule has 0 spiro atoms. The second-order valence-electron chi connectivity index (χ2n) is 4.47. The molecule has 2 N–H and O–H groups in total. The highest BCUT2D eigenvalue weighted by molar-refractivity contribution is 5.39. The molecule has 68 valence electrons. The molecule has 2 aliphatic carbocycles. The lowest BCUT2D eigenvalue weighted by atomic mass is 9.87. The molecular weight excluding hydrogens is 160 g/mol. The Hall–Kier alpha value is -0.890. The molecule has 0 aliphatic heterocycles. The molecule has 13 heavy (non-hydrogen) atoms. The Morgan fingerprint density at radius 2 is 1.69 bits per heavy atom. The Morgan fingerprint density at radius 1 is 1.08 bits per heavy atom. The summed E-state index contributed by atoms with van der Waals surface area (Å²) in [5, 5.41) is 0. The fraction of sp³-hybridized carbons (Fsp3) is 0.545. The van der Waals surface area contributed by atoms with Crippen LogP contribution in [0.3, 0.4) is 0 Å². The zero-order valence-electron chi connectivity index (χ0n) is 7.66. The van der Waals surface area contributed by atoms with E-state index >= 15 is 0 Å². The van der Waals surface area contributed by atoms with E-state index in [0.717, 1.165) is 0 Å². The van der Waals surface area contributed by atoms with Gasteiger partial charge in [0.2, 0.25) is 0 Å². The Bertz CT molecular complexity index is 323. The molecule has 1 heterocycles. The molecule has 0 atom stereocenters. The largest absolute Gasteiger partial charge is 0.324 e. The predicted octanol–water partition coefficient (Wildman–Crippen LogP) is 1.60. The van der Waals surface area contributed by atoms with Gasteiger partial charge in [-0.2, -0.15) is 0 Å². The van der Waals surface area contributed by atoms with Crippen molar-refractivity contribution in [1.29, 1.82) is 0 Å². The molecule has 2 saturated carbocycles. The summed E-state index contributed by atoms with van der Waals surface area (Å²) in [6, 6.07) is 4.25. The van der Waals surface area contributed by atoms with Crippen molar-refractivity contribution < 1.29 is 0 Å². The quantitative estimate of drug-likeness (QED) is 0.739. The lowest BCUT2D eigenvalue weighted by molar-refractivity contribution is 0.503. The van der Waals surface area contributed by atoms with Gasteiger partial charge in [0.05, 0.1) is 0 Å². The summed E-state index contributed by atoms with van der Waals surface area (Å²) in [4.78, 5) is 4.05. The van der Waals surface area contributed by atoms with Crippen LogP contribution in [0.1, 0.15) is 31.2 Å². The van der Waals surface area contributed by atoms with E-state index in [4.69, 9.17) is 5.73 Å². The summed E-state index contributed by atoms with van der Waals surface area (Å²) in [6.45, 7) is 0. The van der Waals surface area contributed by atoms with Crippen LogP contribution >= 0.6 is 0 Å². The molecular formula is C11H14N2. The number of nitrogens with two attached hydrogens (primary N) is 1. The third-order valence-corrected chi connectivity index (χ3v) is 3.72. The first-order valence-corrected chi connectivity index (χ1v) is 4.96. The smallest absolute Gasteiger partial charge is 0.0270 e. The lowest BCUT2D eigenvalue weighted by Gasteiger charge is -2.22. The molecule has 0 unspecified atom stereocenters. The van der Waals surface area contributed by atoms with Gasteiger partial charge in [0, 0.05) is 23.3 Å². The summed E-state index contributed by atoms with van der Waals surface area (Å²) < 4.78 is 0. The van der Waals surface area contributed by atoms with Gasteiger partial charge in [-0.05, 0) is 43.4 Å². The highest BCUT2D eigenvalue weighted by Gasteiger charge is 2.63. The SMILES string of the molecule is NC1(C2(c3ccncc3)CC2)CC1. The molecule has 0 bridgehead atoms. The van der Waals surface area contributed by atoms with E-state index in [9.17, 15) is 0 Å². The zero-order valence-corrected chi connectivity index (χ0v) is 7.66. The summed E-state index contributed by atoms with van der Waals surface area (Å²) in [6.07, 6.45) is 8.70. The van der Waals surface area contributed by atoms with Gasteiger partial charge in [-0.1, -0.05) is 0 Å². The molecule has 2 heteroatoms. The van der Waals surface area contributed by atoms with Crippen LogP contribution in [0, 0.1) is 0 Å². The summed E-state index contributed by atoms with van der Waals surface area (Å²) in [5.41, 5.74) is 8.17. The Morgan fingerprint density at radius 3 is 2.15 bits per heavy atom. The second-order valence-corrected chi connectivity index (χ2v) is 4.47. The van der Waals surface area contributed by atoms with E-state index in [1.807, 2.05) is 12.4 Å². The van der Waals surface area contributed by atoms with Crippen molar-refractivity contribution >= 4 is 0 Å². The molecule has 0 amide bonds. The van der Waals surface area contributed by atoms with Crippen LogP contribution in [0.5, 0.6) is 0 Å². The maximum atomic E-state index is 6.30. The number of nitrogens with zero attached hydrogens (tertiary/aromatic N) is 1. The molecule has 1 aromatic rings. The molecule has 0 radical (unpaired) electrons. The Balaban J connectivity index is 2.01. The molecule has 2 aliphatic rings. The minimum absolute atomic E-state index is 0.133. The standard InChI is InChI=1S/C11H14N2/c12-11(5-6-11)10(3-4-10)9-1-7-13-8-2-9/h1-2,7-8H,3-6,12H2. The third kappa shape index (κ3) is 0.894. The van der Waals surface area contributed by atoms with Gasteiger partial charge in [-0.3, -0.25) is 4.98 Å². The molecule has 2 nitrogen and oxygen atoms in total. The molecule has 1 aromatic heterocycles. The number of aromatic nitrogens is 1. The summed E-state index contributed by atoms with van der Waals surface area (Å²) in [5.74, 6) is 0. The van der Waals surface area contributed by atoms with E-state index < -0.39 is 0 Å². The highest BCUT2D eigenvalue weighted by atomic mass is 14.9. The van der Waals surface area contributed by atoms with Gasteiger partial charge < -0.3 is 5.73 Å². The van der Waals surface area contributed by atoms with E-state index in [-0.39, 0.29) is 5.54 Å². The van der Waals surface area contributed by atoms with Crippen molar-refractivity contribution in [3.05, 3.63) is 30.1 Å². The van der Waals surface area contributed by atoms with Gasteiger partial charge in [0.25, 0.3) is 0 Å². The van der Waals surface area contributed by atoms with Crippen molar-refractivity contribution in [2.75, 3.05) is 0 Å². The maximum absolute atomic E-state index is 6.30.